The number of hydrogen-bond acceptors (Lipinski definition) is 7. The van der Waals surface area contributed by atoms with Gasteiger partial charge >= 0.3 is 12.0 Å². The van der Waals surface area contributed by atoms with Crippen molar-refractivity contribution < 1.29 is 23.9 Å². The number of hydrogen-bond donors (Lipinski definition) is 1. The van der Waals surface area contributed by atoms with Crippen molar-refractivity contribution in [2.75, 3.05) is 11.5 Å². The van der Waals surface area contributed by atoms with Gasteiger partial charge in [0.15, 0.2) is 5.92 Å². The van der Waals surface area contributed by atoms with Gasteiger partial charge in [-0.1, -0.05) is 0 Å². The number of imide groups is 2. The molecule has 1 aliphatic heterocycles. The van der Waals surface area contributed by atoms with Crippen molar-refractivity contribution in [1.29, 1.82) is 0 Å². The topological polar surface area (TPSA) is 105 Å². The summed E-state index contributed by atoms with van der Waals surface area (Å²) < 4.78 is 6.16. The quantitative estimate of drug-likeness (QED) is 0.255. The van der Waals surface area contributed by atoms with Gasteiger partial charge in [-0.2, -0.15) is 0 Å². The summed E-state index contributed by atoms with van der Waals surface area (Å²) in [6, 6.07) is 5.99. The van der Waals surface area contributed by atoms with Gasteiger partial charge in [0.05, 0.1) is 17.9 Å². The number of benzene rings is 1. The predicted molar refractivity (Wildman–Crippen MR) is 129 cm³/mol. The average Bonchev–Trinajstić information content (AvgIpc) is 3.13. The van der Waals surface area contributed by atoms with E-state index in [0.29, 0.717) is 16.3 Å². The minimum Gasteiger partial charge on any atom is -0.462 e. The second-order valence-electron chi connectivity index (χ2n) is 7.31. The Morgan fingerprint density at radius 3 is 2.69 bits per heavy atom. The summed E-state index contributed by atoms with van der Waals surface area (Å²) in [5, 5.41) is 2.64. The molecule has 32 heavy (non-hydrogen) atoms. The number of rotatable bonds is 5. The third-order valence-corrected chi connectivity index (χ3v) is 7.18. The summed E-state index contributed by atoms with van der Waals surface area (Å²) in [4.78, 5) is 56.8. The predicted octanol–water partition coefficient (Wildman–Crippen LogP) is 4.01. The number of urea groups is 1. The molecule has 4 rings (SSSR count). The van der Waals surface area contributed by atoms with Crippen molar-refractivity contribution in [3.05, 3.63) is 43.8 Å². The third kappa shape index (κ3) is 4.33. The highest BCUT2D eigenvalue weighted by atomic mass is 127. The van der Waals surface area contributed by atoms with E-state index in [0.717, 1.165) is 44.6 Å². The molecular weight excluding hydrogens is 545 g/mol. The van der Waals surface area contributed by atoms with E-state index < -0.39 is 29.7 Å². The van der Waals surface area contributed by atoms with Gasteiger partial charge in [0, 0.05) is 14.7 Å². The lowest BCUT2D eigenvalue weighted by molar-refractivity contribution is -0.131. The van der Waals surface area contributed by atoms with Crippen molar-refractivity contribution in [2.45, 2.75) is 32.6 Å². The molecule has 10 heteroatoms. The summed E-state index contributed by atoms with van der Waals surface area (Å²) in [6.45, 7) is 1.98. The normalized spacial score (nSPS) is 18.6. The first-order chi connectivity index (χ1) is 15.4. The molecule has 1 aromatic carbocycles. The molecule has 1 saturated heterocycles. The molecule has 1 atom stereocenters. The van der Waals surface area contributed by atoms with Crippen LogP contribution in [0.3, 0.4) is 0 Å². The molecule has 0 spiro atoms. The lowest BCUT2D eigenvalue weighted by Gasteiger charge is -2.28. The SMILES string of the molecule is CCOC(=O)c1c(N=C[C@@H]2C(=O)NC(=O)N(c3ccc(I)cc3)C2=O)sc2c1CCCC2. The largest absolute Gasteiger partial charge is 0.462 e. The number of barbiturate groups is 1. The van der Waals surface area contributed by atoms with Crippen LogP contribution in [0.4, 0.5) is 15.5 Å². The molecule has 1 aromatic heterocycles. The summed E-state index contributed by atoms with van der Waals surface area (Å²) in [6.07, 6.45) is 4.86. The lowest BCUT2D eigenvalue weighted by atomic mass is 9.95. The summed E-state index contributed by atoms with van der Waals surface area (Å²) in [5.74, 6) is -3.18. The first kappa shape index (κ1) is 22.6. The second-order valence-corrected chi connectivity index (χ2v) is 9.64. The van der Waals surface area contributed by atoms with E-state index in [1.165, 1.54) is 17.6 Å². The van der Waals surface area contributed by atoms with Crippen molar-refractivity contribution in [2.24, 2.45) is 10.9 Å². The number of fused-ring (bicyclic) bond motifs is 1. The Balaban J connectivity index is 1.66. The standard InChI is InChI=1S/C22H20IN3O5S/c1-2-31-21(29)17-14-5-3-4-6-16(14)32-19(17)24-11-15-18(27)25-22(30)26(20(15)28)13-9-7-12(23)8-10-13/h7-11,15H,2-6H2,1H3,(H,25,27,30)/t15-/m1/s1. The number of halogens is 1. The molecular formula is C22H20IN3O5S. The van der Waals surface area contributed by atoms with Crippen molar-refractivity contribution in [1.82, 2.24) is 5.32 Å². The number of aryl methyl sites for hydroxylation is 1. The molecule has 2 heterocycles. The number of anilines is 1. The van der Waals surface area contributed by atoms with Gasteiger partial charge in [-0.05, 0) is 85.0 Å². The fourth-order valence-corrected chi connectivity index (χ4v) is 5.34. The van der Waals surface area contributed by atoms with Gasteiger partial charge in [0.25, 0.3) is 5.91 Å². The van der Waals surface area contributed by atoms with Gasteiger partial charge in [-0.15, -0.1) is 11.3 Å². The molecule has 2 aliphatic rings. The first-order valence-corrected chi connectivity index (χ1v) is 12.1. The maximum absolute atomic E-state index is 13.0. The number of ether oxygens (including phenoxy) is 1. The zero-order valence-corrected chi connectivity index (χ0v) is 20.2. The maximum atomic E-state index is 13.0. The Hall–Kier alpha value is -2.60. The van der Waals surface area contributed by atoms with E-state index in [1.807, 2.05) is 0 Å². The summed E-state index contributed by atoms with van der Waals surface area (Å²) in [5.41, 5.74) is 1.72. The van der Waals surface area contributed by atoms with Crippen molar-refractivity contribution >= 4 is 74.6 Å². The molecule has 1 fully saturated rings. The number of thiophene rings is 1. The van der Waals surface area contributed by atoms with E-state index >= 15 is 0 Å². The molecule has 0 bridgehead atoms. The molecule has 0 saturated carbocycles. The monoisotopic (exact) mass is 565 g/mol. The minimum absolute atomic E-state index is 0.239. The Morgan fingerprint density at radius 1 is 1.25 bits per heavy atom. The average molecular weight is 565 g/mol. The Morgan fingerprint density at radius 2 is 1.97 bits per heavy atom. The molecule has 0 unspecified atom stereocenters. The van der Waals surface area contributed by atoms with Crippen LogP contribution in [0.5, 0.6) is 0 Å². The molecule has 4 amide bonds. The van der Waals surface area contributed by atoms with Crippen LogP contribution in [0.2, 0.25) is 0 Å². The minimum atomic E-state index is -1.29. The van der Waals surface area contributed by atoms with Crippen LogP contribution >= 0.6 is 33.9 Å². The second kappa shape index (κ2) is 9.49. The molecule has 0 radical (unpaired) electrons. The number of amides is 4. The molecule has 2 aromatic rings. The maximum Gasteiger partial charge on any atom is 0.341 e. The molecule has 8 nitrogen and oxygen atoms in total. The van der Waals surface area contributed by atoms with Gasteiger partial charge in [-0.25, -0.2) is 19.5 Å². The van der Waals surface area contributed by atoms with Gasteiger partial charge < -0.3 is 4.74 Å². The summed E-state index contributed by atoms with van der Waals surface area (Å²) in [7, 11) is 0. The van der Waals surface area contributed by atoms with E-state index in [9.17, 15) is 19.2 Å². The van der Waals surface area contributed by atoms with E-state index in [4.69, 9.17) is 4.74 Å². The molecule has 166 valence electrons. The van der Waals surface area contributed by atoms with Crippen LogP contribution in [0.1, 0.15) is 40.6 Å². The third-order valence-electron chi connectivity index (χ3n) is 5.26. The highest BCUT2D eigenvalue weighted by Crippen LogP contribution is 2.40. The Labute approximate surface area is 202 Å². The van der Waals surface area contributed by atoms with Crippen LogP contribution in [0.15, 0.2) is 29.3 Å². The number of nitrogens with zero attached hydrogens (tertiary/aromatic N) is 2. The van der Waals surface area contributed by atoms with E-state index in [-0.39, 0.29) is 6.61 Å². The fraction of sp³-hybridized carbons (Fsp3) is 0.318. The fourth-order valence-electron chi connectivity index (χ4n) is 3.75. The number of aliphatic imine (C=N–C) groups is 1. The van der Waals surface area contributed by atoms with E-state index in [2.05, 4.69) is 32.9 Å². The highest BCUT2D eigenvalue weighted by molar-refractivity contribution is 14.1. The molecule has 1 aliphatic carbocycles. The number of carbonyl (C=O) groups excluding carboxylic acids is 4. The smallest absolute Gasteiger partial charge is 0.341 e. The van der Waals surface area contributed by atoms with Crippen LogP contribution in [-0.2, 0) is 27.2 Å². The van der Waals surface area contributed by atoms with E-state index in [1.54, 1.807) is 31.2 Å². The summed E-state index contributed by atoms with van der Waals surface area (Å²) >= 11 is 3.50. The van der Waals surface area contributed by atoms with Crippen molar-refractivity contribution in [3.63, 3.8) is 0 Å². The number of nitrogens with one attached hydrogen (secondary N) is 1. The van der Waals surface area contributed by atoms with Gasteiger partial charge in [0.1, 0.15) is 5.00 Å². The van der Waals surface area contributed by atoms with Crippen molar-refractivity contribution in [3.8, 4) is 0 Å². The first-order valence-electron chi connectivity index (χ1n) is 10.2. The van der Waals surface area contributed by atoms with Crippen LogP contribution in [0, 0.1) is 9.49 Å². The van der Waals surface area contributed by atoms with Crippen LogP contribution in [0.25, 0.3) is 0 Å². The number of esters is 1. The highest BCUT2D eigenvalue weighted by Gasteiger charge is 2.40. The number of carbonyl (C=O) groups is 4. The zero-order chi connectivity index (χ0) is 22.8. The molecule has 1 N–H and O–H groups in total. The van der Waals surface area contributed by atoms with Crippen LogP contribution < -0.4 is 10.2 Å². The Bertz CT molecular complexity index is 1130. The van der Waals surface area contributed by atoms with Gasteiger partial charge in [-0.3, -0.25) is 14.9 Å². The lowest BCUT2D eigenvalue weighted by Crippen LogP contribution is -2.58. The van der Waals surface area contributed by atoms with Crippen LogP contribution in [-0.4, -0.2) is 36.6 Å². The Kier molecular flexibility index (Phi) is 6.70. The van der Waals surface area contributed by atoms with Gasteiger partial charge in [0.2, 0.25) is 5.91 Å². The zero-order valence-electron chi connectivity index (χ0n) is 17.2.